The zero-order chi connectivity index (χ0) is 21.5. The number of aromatic nitrogens is 1. The van der Waals surface area contributed by atoms with Gasteiger partial charge in [-0.3, -0.25) is 4.79 Å². The molecular weight excluding hydrogens is 400 g/mol. The van der Waals surface area contributed by atoms with E-state index >= 15 is 0 Å². The third kappa shape index (κ3) is 5.55. The van der Waals surface area contributed by atoms with Crippen molar-refractivity contribution < 1.29 is 19.1 Å². The summed E-state index contributed by atoms with van der Waals surface area (Å²) in [4.78, 5) is 28.7. The van der Waals surface area contributed by atoms with Crippen LogP contribution in [0.25, 0.3) is 6.08 Å². The lowest BCUT2D eigenvalue weighted by molar-refractivity contribution is -0.111. The Kier molecular flexibility index (Phi) is 6.98. The second kappa shape index (κ2) is 9.84. The monoisotopic (exact) mass is 422 g/mol. The molecule has 1 aromatic heterocycles. The van der Waals surface area contributed by atoms with Crippen molar-refractivity contribution >= 4 is 35.0 Å². The second-order valence-corrected chi connectivity index (χ2v) is 7.59. The predicted octanol–water partition coefficient (Wildman–Crippen LogP) is 4.78. The average molecular weight is 423 g/mol. The van der Waals surface area contributed by atoms with Gasteiger partial charge in [0.1, 0.15) is 12.4 Å². The van der Waals surface area contributed by atoms with E-state index in [1.165, 1.54) is 13.2 Å². The van der Waals surface area contributed by atoms with E-state index in [0.717, 1.165) is 21.8 Å². The third-order valence-electron chi connectivity index (χ3n) is 4.26. The molecule has 0 spiro atoms. The van der Waals surface area contributed by atoms with Crippen LogP contribution >= 0.6 is 11.3 Å². The average Bonchev–Trinajstić information content (AvgIpc) is 3.17. The van der Waals surface area contributed by atoms with Crippen LogP contribution in [0.1, 0.15) is 32.2 Å². The lowest BCUT2D eigenvalue weighted by Crippen LogP contribution is -2.14. The van der Waals surface area contributed by atoms with E-state index < -0.39 is 5.97 Å². The first-order valence-corrected chi connectivity index (χ1v) is 10.1. The highest BCUT2D eigenvalue weighted by molar-refractivity contribution is 7.09. The largest absolute Gasteiger partial charge is 0.487 e. The highest BCUT2D eigenvalue weighted by atomic mass is 32.1. The molecule has 30 heavy (non-hydrogen) atoms. The van der Waals surface area contributed by atoms with Crippen molar-refractivity contribution in [1.82, 2.24) is 4.98 Å². The zero-order valence-corrected chi connectivity index (χ0v) is 17.8. The van der Waals surface area contributed by atoms with Gasteiger partial charge in [-0.05, 0) is 49.2 Å². The highest BCUT2D eigenvalue weighted by Gasteiger charge is 2.14. The Hall–Kier alpha value is -3.45. The van der Waals surface area contributed by atoms with E-state index in [0.29, 0.717) is 23.6 Å². The molecule has 0 aliphatic heterocycles. The molecular formula is C23H22N2O4S. The van der Waals surface area contributed by atoms with Gasteiger partial charge >= 0.3 is 5.97 Å². The molecule has 7 heteroatoms. The summed E-state index contributed by atoms with van der Waals surface area (Å²) in [6, 6.07) is 12.6. The molecule has 3 rings (SSSR count). The molecule has 0 bridgehead atoms. The van der Waals surface area contributed by atoms with Gasteiger partial charge in [0.2, 0.25) is 5.91 Å². The van der Waals surface area contributed by atoms with Crippen molar-refractivity contribution in [3.63, 3.8) is 0 Å². The van der Waals surface area contributed by atoms with E-state index in [9.17, 15) is 9.59 Å². The summed E-state index contributed by atoms with van der Waals surface area (Å²) in [5, 5.41) is 5.73. The molecule has 0 aliphatic carbocycles. The molecule has 1 N–H and O–H groups in total. The molecule has 0 unspecified atom stereocenters. The summed E-state index contributed by atoms with van der Waals surface area (Å²) >= 11 is 1.58. The number of rotatable bonds is 7. The summed E-state index contributed by atoms with van der Waals surface area (Å²) in [6.45, 7) is 4.16. The fourth-order valence-corrected chi connectivity index (χ4v) is 3.39. The number of esters is 1. The maximum absolute atomic E-state index is 12.4. The maximum Gasteiger partial charge on any atom is 0.339 e. The Labute approximate surface area is 179 Å². The summed E-state index contributed by atoms with van der Waals surface area (Å²) in [5.41, 5.74) is 3.22. The molecule has 0 aliphatic rings. The van der Waals surface area contributed by atoms with Gasteiger partial charge in [0.15, 0.2) is 0 Å². The number of ether oxygens (including phenoxy) is 2. The molecule has 0 saturated carbocycles. The number of amides is 1. The SMILES string of the molecule is COC(=O)c1cccc(C)c1NC(=O)/C=C/c1cccc(OCc2csc(C)n2)c1. The van der Waals surface area contributed by atoms with E-state index in [4.69, 9.17) is 9.47 Å². The molecule has 1 amide bonds. The molecule has 6 nitrogen and oxygen atoms in total. The summed E-state index contributed by atoms with van der Waals surface area (Å²) in [7, 11) is 1.31. The fourth-order valence-electron chi connectivity index (χ4n) is 2.79. The van der Waals surface area contributed by atoms with Crippen LogP contribution in [0, 0.1) is 13.8 Å². The van der Waals surface area contributed by atoms with Gasteiger partial charge in [-0.2, -0.15) is 0 Å². The van der Waals surface area contributed by atoms with E-state index in [2.05, 4.69) is 10.3 Å². The number of nitrogens with zero attached hydrogens (tertiary/aromatic N) is 1. The van der Waals surface area contributed by atoms with E-state index in [-0.39, 0.29) is 5.91 Å². The van der Waals surface area contributed by atoms with Crippen LogP contribution in [-0.4, -0.2) is 24.0 Å². The van der Waals surface area contributed by atoms with Crippen molar-refractivity contribution in [3.8, 4) is 5.75 Å². The Morgan fingerprint density at radius 3 is 2.70 bits per heavy atom. The van der Waals surface area contributed by atoms with Crippen LogP contribution in [0.5, 0.6) is 5.75 Å². The van der Waals surface area contributed by atoms with Crippen LogP contribution in [0.3, 0.4) is 0 Å². The fraction of sp³-hybridized carbons (Fsp3) is 0.174. The number of hydrogen-bond acceptors (Lipinski definition) is 6. The van der Waals surface area contributed by atoms with Crippen molar-refractivity contribution in [1.29, 1.82) is 0 Å². The number of thiazole rings is 1. The van der Waals surface area contributed by atoms with Gasteiger partial charge < -0.3 is 14.8 Å². The number of benzene rings is 2. The number of hydrogen-bond donors (Lipinski definition) is 1. The topological polar surface area (TPSA) is 77.5 Å². The summed E-state index contributed by atoms with van der Waals surface area (Å²) in [5.74, 6) is -0.160. The lowest BCUT2D eigenvalue weighted by atomic mass is 10.1. The third-order valence-corrected chi connectivity index (χ3v) is 5.09. The minimum absolute atomic E-state index is 0.312. The standard InChI is InChI=1S/C23H22N2O4S/c1-15-6-4-9-20(23(27)28-3)22(15)25-21(26)11-10-17-7-5-8-19(12-17)29-13-18-14-30-16(2)24-18/h4-12,14H,13H2,1-3H3,(H,25,26)/b11-10+. The minimum Gasteiger partial charge on any atom is -0.487 e. The van der Waals surface area contributed by atoms with E-state index in [1.807, 2.05) is 49.6 Å². The summed E-state index contributed by atoms with van der Waals surface area (Å²) in [6.07, 6.45) is 3.10. The molecule has 0 radical (unpaired) electrons. The van der Waals surface area contributed by atoms with Crippen molar-refractivity contribution in [3.05, 3.63) is 81.3 Å². The first-order valence-electron chi connectivity index (χ1n) is 9.27. The van der Waals surface area contributed by atoms with Gasteiger partial charge in [-0.25, -0.2) is 9.78 Å². The highest BCUT2D eigenvalue weighted by Crippen LogP contribution is 2.22. The van der Waals surface area contributed by atoms with Crippen molar-refractivity contribution in [2.24, 2.45) is 0 Å². The zero-order valence-electron chi connectivity index (χ0n) is 17.0. The van der Waals surface area contributed by atoms with Crippen LogP contribution in [0.4, 0.5) is 5.69 Å². The van der Waals surface area contributed by atoms with Crippen molar-refractivity contribution in [2.75, 3.05) is 12.4 Å². The number of aryl methyl sites for hydroxylation is 2. The van der Waals surface area contributed by atoms with E-state index in [1.54, 1.807) is 29.5 Å². The van der Waals surface area contributed by atoms with Crippen LogP contribution in [0.15, 0.2) is 53.9 Å². The Morgan fingerprint density at radius 1 is 1.17 bits per heavy atom. The van der Waals surface area contributed by atoms with Gasteiger partial charge in [0.05, 0.1) is 29.1 Å². The van der Waals surface area contributed by atoms with Crippen LogP contribution in [0.2, 0.25) is 0 Å². The number of methoxy groups -OCH3 is 1. The molecule has 0 saturated heterocycles. The normalized spacial score (nSPS) is 10.8. The molecule has 1 heterocycles. The molecule has 3 aromatic rings. The molecule has 154 valence electrons. The number of carbonyl (C=O) groups is 2. The summed E-state index contributed by atoms with van der Waals surface area (Å²) < 4.78 is 10.6. The second-order valence-electron chi connectivity index (χ2n) is 6.53. The Balaban J connectivity index is 1.66. The smallest absolute Gasteiger partial charge is 0.339 e. The number of para-hydroxylation sites is 1. The Morgan fingerprint density at radius 2 is 1.97 bits per heavy atom. The Bertz CT molecular complexity index is 1090. The molecule has 2 aromatic carbocycles. The lowest BCUT2D eigenvalue weighted by Gasteiger charge is -2.11. The van der Waals surface area contributed by atoms with Gasteiger partial charge in [-0.15, -0.1) is 11.3 Å². The quantitative estimate of drug-likeness (QED) is 0.438. The number of nitrogens with one attached hydrogen (secondary N) is 1. The van der Waals surface area contributed by atoms with Gasteiger partial charge in [0.25, 0.3) is 0 Å². The van der Waals surface area contributed by atoms with Gasteiger partial charge in [-0.1, -0.05) is 24.3 Å². The molecule has 0 fully saturated rings. The first-order chi connectivity index (χ1) is 14.5. The first kappa shape index (κ1) is 21.3. The predicted molar refractivity (Wildman–Crippen MR) is 118 cm³/mol. The number of carbonyl (C=O) groups excluding carboxylic acids is 2. The van der Waals surface area contributed by atoms with Crippen LogP contribution < -0.4 is 10.1 Å². The van der Waals surface area contributed by atoms with Gasteiger partial charge in [0, 0.05) is 11.5 Å². The number of anilines is 1. The molecule has 0 atom stereocenters. The van der Waals surface area contributed by atoms with Crippen LogP contribution in [-0.2, 0) is 16.1 Å². The maximum atomic E-state index is 12.4. The minimum atomic E-state index is -0.502. The van der Waals surface area contributed by atoms with Crippen molar-refractivity contribution in [2.45, 2.75) is 20.5 Å².